The van der Waals surface area contributed by atoms with E-state index in [0.29, 0.717) is 6.61 Å². The number of ether oxygens (including phenoxy) is 2. The maximum atomic E-state index is 11.6. The summed E-state index contributed by atoms with van der Waals surface area (Å²) in [5.74, 6) is -1.22. The zero-order valence-electron chi connectivity index (χ0n) is 9.56. The second-order valence-corrected chi connectivity index (χ2v) is 3.71. The lowest BCUT2D eigenvalue weighted by molar-refractivity contribution is -0.148. The molecule has 1 aliphatic rings. The minimum Gasteiger partial charge on any atom is -0.464 e. The van der Waals surface area contributed by atoms with Crippen molar-refractivity contribution < 1.29 is 19.1 Å². The first-order chi connectivity index (χ1) is 7.56. The summed E-state index contributed by atoms with van der Waals surface area (Å²) in [5, 5.41) is 2.68. The van der Waals surface area contributed by atoms with Gasteiger partial charge in [-0.2, -0.15) is 0 Å². The second-order valence-electron chi connectivity index (χ2n) is 3.71. The van der Waals surface area contributed by atoms with Crippen LogP contribution in [0.15, 0.2) is 0 Å². The van der Waals surface area contributed by atoms with Gasteiger partial charge >= 0.3 is 5.97 Å². The first kappa shape index (κ1) is 12.9. The van der Waals surface area contributed by atoms with Crippen molar-refractivity contribution in [3.05, 3.63) is 0 Å². The molecule has 6 heteroatoms. The molecule has 3 N–H and O–H groups in total. The van der Waals surface area contributed by atoms with E-state index in [1.165, 1.54) is 0 Å². The van der Waals surface area contributed by atoms with E-state index in [0.717, 1.165) is 6.42 Å². The van der Waals surface area contributed by atoms with Crippen LogP contribution in [-0.2, 0) is 19.1 Å². The van der Waals surface area contributed by atoms with Crippen LogP contribution in [0.3, 0.4) is 0 Å². The molecule has 16 heavy (non-hydrogen) atoms. The van der Waals surface area contributed by atoms with Crippen molar-refractivity contribution >= 4 is 11.9 Å². The molecule has 1 aliphatic heterocycles. The number of nitrogens with two attached hydrogens (primary N) is 1. The molecule has 1 amide bonds. The molecule has 0 saturated carbocycles. The fourth-order valence-corrected chi connectivity index (χ4v) is 1.53. The average Bonchev–Trinajstić information content (AvgIpc) is 2.63. The highest BCUT2D eigenvalue weighted by Gasteiger charge is 2.30. The SMILES string of the molecule is CCOC(=O)C(N)C(=O)NC1CCOC1C. The molecule has 1 rings (SSSR count). The molecule has 3 atom stereocenters. The Morgan fingerprint density at radius 3 is 2.81 bits per heavy atom. The number of hydrogen-bond acceptors (Lipinski definition) is 5. The lowest BCUT2D eigenvalue weighted by atomic mass is 10.1. The number of nitrogens with one attached hydrogen (secondary N) is 1. The van der Waals surface area contributed by atoms with Crippen molar-refractivity contribution in [2.24, 2.45) is 5.73 Å². The molecule has 0 aliphatic carbocycles. The molecule has 0 aromatic heterocycles. The third-order valence-electron chi connectivity index (χ3n) is 2.53. The fraction of sp³-hybridized carbons (Fsp3) is 0.800. The van der Waals surface area contributed by atoms with E-state index in [9.17, 15) is 9.59 Å². The van der Waals surface area contributed by atoms with Crippen LogP contribution in [0.1, 0.15) is 20.3 Å². The van der Waals surface area contributed by atoms with Gasteiger partial charge < -0.3 is 20.5 Å². The predicted molar refractivity (Wildman–Crippen MR) is 56.6 cm³/mol. The zero-order valence-corrected chi connectivity index (χ0v) is 9.56. The standard InChI is InChI=1S/C10H18N2O4/c1-3-15-10(14)8(11)9(13)12-7-4-5-16-6(7)2/h6-8H,3-5,11H2,1-2H3,(H,12,13). The summed E-state index contributed by atoms with van der Waals surface area (Å²) in [6.45, 7) is 4.35. The highest BCUT2D eigenvalue weighted by Crippen LogP contribution is 2.12. The first-order valence-corrected chi connectivity index (χ1v) is 5.40. The Morgan fingerprint density at radius 2 is 2.31 bits per heavy atom. The maximum Gasteiger partial charge on any atom is 0.332 e. The van der Waals surface area contributed by atoms with Gasteiger partial charge in [-0.25, -0.2) is 4.79 Å². The van der Waals surface area contributed by atoms with Gasteiger partial charge in [-0.3, -0.25) is 4.79 Å². The molecule has 0 aromatic rings. The molecule has 0 aromatic carbocycles. The Bertz CT molecular complexity index is 270. The molecule has 0 bridgehead atoms. The Morgan fingerprint density at radius 1 is 1.62 bits per heavy atom. The highest BCUT2D eigenvalue weighted by molar-refractivity contribution is 6.01. The molecule has 1 heterocycles. The van der Waals surface area contributed by atoms with E-state index in [2.05, 4.69) is 10.1 Å². The quantitative estimate of drug-likeness (QED) is 0.486. The third-order valence-corrected chi connectivity index (χ3v) is 2.53. The maximum absolute atomic E-state index is 11.6. The average molecular weight is 230 g/mol. The zero-order chi connectivity index (χ0) is 12.1. The number of rotatable bonds is 4. The summed E-state index contributed by atoms with van der Waals surface area (Å²) in [5.41, 5.74) is 5.44. The Balaban J connectivity index is 2.42. The van der Waals surface area contributed by atoms with Crippen molar-refractivity contribution in [1.82, 2.24) is 5.32 Å². The topological polar surface area (TPSA) is 90.7 Å². The van der Waals surface area contributed by atoms with Gasteiger partial charge in [0.1, 0.15) is 0 Å². The fourth-order valence-electron chi connectivity index (χ4n) is 1.53. The number of carbonyl (C=O) groups excluding carboxylic acids is 2. The van der Waals surface area contributed by atoms with Crippen LogP contribution >= 0.6 is 0 Å². The number of amides is 1. The smallest absolute Gasteiger partial charge is 0.332 e. The Hall–Kier alpha value is -1.14. The molecule has 1 fully saturated rings. The summed E-state index contributed by atoms with van der Waals surface area (Å²) < 4.78 is 9.94. The molecule has 3 unspecified atom stereocenters. The predicted octanol–water partition coefficient (Wildman–Crippen LogP) is -0.830. The second kappa shape index (κ2) is 5.81. The van der Waals surface area contributed by atoms with Gasteiger partial charge in [0.2, 0.25) is 5.91 Å². The lowest BCUT2D eigenvalue weighted by Gasteiger charge is -2.18. The molecule has 1 saturated heterocycles. The van der Waals surface area contributed by atoms with Gasteiger partial charge in [-0.15, -0.1) is 0 Å². The van der Waals surface area contributed by atoms with Gasteiger partial charge in [0.25, 0.3) is 0 Å². The molecule has 0 radical (unpaired) electrons. The van der Waals surface area contributed by atoms with Gasteiger partial charge in [0, 0.05) is 6.61 Å². The Labute approximate surface area is 94.5 Å². The van der Waals surface area contributed by atoms with Gasteiger partial charge in [0.05, 0.1) is 18.8 Å². The summed E-state index contributed by atoms with van der Waals surface area (Å²) >= 11 is 0. The van der Waals surface area contributed by atoms with Crippen LogP contribution in [0.2, 0.25) is 0 Å². The van der Waals surface area contributed by atoms with Gasteiger partial charge in [-0.05, 0) is 20.3 Å². The van der Waals surface area contributed by atoms with Crippen LogP contribution < -0.4 is 11.1 Å². The first-order valence-electron chi connectivity index (χ1n) is 5.40. The summed E-state index contributed by atoms with van der Waals surface area (Å²) in [4.78, 5) is 22.8. The van der Waals surface area contributed by atoms with Gasteiger partial charge in [0.15, 0.2) is 6.04 Å². The number of esters is 1. The monoisotopic (exact) mass is 230 g/mol. The Kier molecular flexibility index (Phi) is 4.70. The minimum absolute atomic E-state index is 0.0432. The van der Waals surface area contributed by atoms with Crippen molar-refractivity contribution in [1.29, 1.82) is 0 Å². The normalized spacial score (nSPS) is 26.2. The molecule has 0 spiro atoms. The third kappa shape index (κ3) is 3.18. The van der Waals surface area contributed by atoms with Crippen LogP contribution in [-0.4, -0.2) is 43.3 Å². The van der Waals surface area contributed by atoms with Crippen LogP contribution in [0.25, 0.3) is 0 Å². The number of hydrogen-bond donors (Lipinski definition) is 2. The van der Waals surface area contributed by atoms with E-state index in [-0.39, 0.29) is 18.8 Å². The number of carbonyl (C=O) groups is 2. The van der Waals surface area contributed by atoms with Crippen LogP contribution in [0.4, 0.5) is 0 Å². The van der Waals surface area contributed by atoms with Crippen LogP contribution in [0, 0.1) is 0 Å². The highest BCUT2D eigenvalue weighted by atomic mass is 16.5. The van der Waals surface area contributed by atoms with E-state index >= 15 is 0 Å². The van der Waals surface area contributed by atoms with Crippen molar-refractivity contribution in [2.75, 3.05) is 13.2 Å². The van der Waals surface area contributed by atoms with E-state index in [1.54, 1.807) is 6.92 Å². The lowest BCUT2D eigenvalue weighted by Crippen LogP contribution is -2.51. The largest absolute Gasteiger partial charge is 0.464 e. The summed E-state index contributed by atoms with van der Waals surface area (Å²) in [6, 6.07) is -1.33. The molecule has 6 nitrogen and oxygen atoms in total. The minimum atomic E-state index is -1.26. The molecular formula is C10H18N2O4. The van der Waals surface area contributed by atoms with E-state index in [4.69, 9.17) is 10.5 Å². The molecular weight excluding hydrogens is 212 g/mol. The van der Waals surface area contributed by atoms with Crippen molar-refractivity contribution in [3.8, 4) is 0 Å². The van der Waals surface area contributed by atoms with Gasteiger partial charge in [-0.1, -0.05) is 0 Å². The van der Waals surface area contributed by atoms with Crippen molar-refractivity contribution in [2.45, 2.75) is 38.5 Å². The van der Waals surface area contributed by atoms with Crippen molar-refractivity contribution in [3.63, 3.8) is 0 Å². The summed E-state index contributed by atoms with van der Waals surface area (Å²) in [7, 11) is 0. The van der Waals surface area contributed by atoms with E-state index < -0.39 is 17.9 Å². The van der Waals surface area contributed by atoms with E-state index in [1.807, 2.05) is 6.92 Å². The summed E-state index contributed by atoms with van der Waals surface area (Å²) in [6.07, 6.45) is 0.695. The molecule has 92 valence electrons. The van der Waals surface area contributed by atoms with Crippen LogP contribution in [0.5, 0.6) is 0 Å².